The number of hydrogen-bond acceptors (Lipinski definition) is 2. The maximum atomic E-state index is 9.01. The summed E-state index contributed by atoms with van der Waals surface area (Å²) in [5.41, 5.74) is 3.23. The summed E-state index contributed by atoms with van der Waals surface area (Å²) in [5.74, 6) is 0. The first kappa shape index (κ1) is 10.9. The number of oxime groups is 1. The summed E-state index contributed by atoms with van der Waals surface area (Å²) < 4.78 is 0. The van der Waals surface area contributed by atoms with E-state index >= 15 is 0 Å². The summed E-state index contributed by atoms with van der Waals surface area (Å²) in [6, 6.07) is 10.2. The first-order valence-electron chi connectivity index (χ1n) is 5.87. The average Bonchev–Trinajstić information content (AvgIpc) is 2.55. The zero-order valence-electron chi connectivity index (χ0n) is 9.39. The minimum Gasteiger partial charge on any atom is -0.411 e. The van der Waals surface area contributed by atoms with Crippen LogP contribution in [0.4, 0.5) is 0 Å². The van der Waals surface area contributed by atoms with E-state index in [-0.39, 0.29) is 0 Å². The lowest BCUT2D eigenvalue weighted by atomic mass is 10.0. The SMILES string of the molecule is O/N=C1/CCCCC/C1=C\c1ccccc1. The van der Waals surface area contributed by atoms with Gasteiger partial charge in [0.2, 0.25) is 0 Å². The second kappa shape index (κ2) is 5.50. The molecule has 1 N–H and O–H groups in total. The molecule has 0 amide bonds. The van der Waals surface area contributed by atoms with Gasteiger partial charge in [0, 0.05) is 0 Å². The molecule has 2 heteroatoms. The summed E-state index contributed by atoms with van der Waals surface area (Å²) in [6.07, 6.45) is 7.61. The molecule has 0 aliphatic heterocycles. The summed E-state index contributed by atoms with van der Waals surface area (Å²) in [5, 5.41) is 12.4. The third kappa shape index (κ3) is 2.72. The first-order chi connectivity index (χ1) is 7.90. The van der Waals surface area contributed by atoms with Crippen LogP contribution in [0.2, 0.25) is 0 Å². The summed E-state index contributed by atoms with van der Waals surface area (Å²) in [4.78, 5) is 0. The Morgan fingerprint density at radius 2 is 1.75 bits per heavy atom. The highest BCUT2D eigenvalue weighted by molar-refractivity contribution is 6.03. The number of nitrogens with zero attached hydrogens (tertiary/aromatic N) is 1. The van der Waals surface area contributed by atoms with Crippen LogP contribution in [0.25, 0.3) is 6.08 Å². The zero-order valence-corrected chi connectivity index (χ0v) is 9.39. The molecule has 0 bridgehead atoms. The van der Waals surface area contributed by atoms with E-state index in [0.29, 0.717) is 0 Å². The molecule has 1 aliphatic rings. The van der Waals surface area contributed by atoms with E-state index in [0.717, 1.165) is 25.0 Å². The molecule has 1 aromatic carbocycles. The van der Waals surface area contributed by atoms with Gasteiger partial charge >= 0.3 is 0 Å². The van der Waals surface area contributed by atoms with Crippen LogP contribution < -0.4 is 0 Å². The molecular formula is C14H17NO. The molecule has 16 heavy (non-hydrogen) atoms. The van der Waals surface area contributed by atoms with E-state index in [1.165, 1.54) is 24.0 Å². The van der Waals surface area contributed by atoms with Crippen molar-refractivity contribution in [2.75, 3.05) is 0 Å². The van der Waals surface area contributed by atoms with Crippen molar-refractivity contribution in [1.29, 1.82) is 0 Å². The highest BCUT2D eigenvalue weighted by Crippen LogP contribution is 2.22. The van der Waals surface area contributed by atoms with Gasteiger partial charge in [-0.2, -0.15) is 0 Å². The van der Waals surface area contributed by atoms with Gasteiger partial charge in [0.05, 0.1) is 5.71 Å². The average molecular weight is 215 g/mol. The Labute approximate surface area is 96.3 Å². The smallest absolute Gasteiger partial charge is 0.0827 e. The van der Waals surface area contributed by atoms with Gasteiger partial charge < -0.3 is 5.21 Å². The van der Waals surface area contributed by atoms with Crippen LogP contribution in [0.15, 0.2) is 41.1 Å². The Morgan fingerprint density at radius 3 is 2.50 bits per heavy atom. The van der Waals surface area contributed by atoms with Crippen molar-refractivity contribution >= 4 is 11.8 Å². The highest BCUT2D eigenvalue weighted by atomic mass is 16.4. The minimum absolute atomic E-state index is 0.862. The lowest BCUT2D eigenvalue weighted by Crippen LogP contribution is -2.00. The van der Waals surface area contributed by atoms with Crippen molar-refractivity contribution in [3.63, 3.8) is 0 Å². The molecule has 1 aromatic rings. The Kier molecular flexibility index (Phi) is 3.76. The second-order valence-corrected chi connectivity index (χ2v) is 4.19. The molecule has 1 fully saturated rings. The predicted octanol–water partition coefficient (Wildman–Crippen LogP) is 3.86. The van der Waals surface area contributed by atoms with Crippen molar-refractivity contribution in [3.05, 3.63) is 41.5 Å². The van der Waals surface area contributed by atoms with Gasteiger partial charge in [-0.15, -0.1) is 0 Å². The normalized spacial score (nSPS) is 22.2. The third-order valence-corrected chi connectivity index (χ3v) is 2.99. The zero-order chi connectivity index (χ0) is 11.2. The summed E-state index contributed by atoms with van der Waals surface area (Å²) >= 11 is 0. The van der Waals surface area contributed by atoms with Crippen LogP contribution >= 0.6 is 0 Å². The van der Waals surface area contributed by atoms with E-state index in [4.69, 9.17) is 5.21 Å². The number of rotatable bonds is 1. The monoisotopic (exact) mass is 215 g/mol. The summed E-state index contributed by atoms with van der Waals surface area (Å²) in [7, 11) is 0. The van der Waals surface area contributed by atoms with Crippen molar-refractivity contribution < 1.29 is 5.21 Å². The van der Waals surface area contributed by atoms with Crippen LogP contribution in [0.1, 0.15) is 37.7 Å². The van der Waals surface area contributed by atoms with Crippen molar-refractivity contribution in [3.8, 4) is 0 Å². The van der Waals surface area contributed by atoms with Crippen LogP contribution in [0.5, 0.6) is 0 Å². The molecule has 1 aliphatic carbocycles. The van der Waals surface area contributed by atoms with Gasteiger partial charge in [0.25, 0.3) is 0 Å². The van der Waals surface area contributed by atoms with E-state index in [1.807, 2.05) is 18.2 Å². The Hall–Kier alpha value is -1.57. The van der Waals surface area contributed by atoms with E-state index in [1.54, 1.807) is 0 Å². The topological polar surface area (TPSA) is 32.6 Å². The maximum absolute atomic E-state index is 9.01. The molecule has 2 nitrogen and oxygen atoms in total. The van der Waals surface area contributed by atoms with Crippen molar-refractivity contribution in [2.24, 2.45) is 5.16 Å². The standard InChI is InChI=1S/C14H17NO/c16-15-14-10-6-2-5-9-13(14)11-12-7-3-1-4-8-12/h1,3-4,7-8,11,16H,2,5-6,9-10H2/b13-11+,15-14-. The van der Waals surface area contributed by atoms with E-state index in [2.05, 4.69) is 23.4 Å². The minimum atomic E-state index is 0.862. The highest BCUT2D eigenvalue weighted by Gasteiger charge is 2.12. The van der Waals surface area contributed by atoms with Gasteiger partial charge in [-0.05, 0) is 42.9 Å². The quantitative estimate of drug-likeness (QED) is 0.430. The molecule has 0 unspecified atom stereocenters. The second-order valence-electron chi connectivity index (χ2n) is 4.19. The molecule has 0 spiro atoms. The Balaban J connectivity index is 2.26. The van der Waals surface area contributed by atoms with Crippen LogP contribution in [-0.4, -0.2) is 10.9 Å². The molecular weight excluding hydrogens is 198 g/mol. The van der Waals surface area contributed by atoms with Gasteiger partial charge in [0.1, 0.15) is 0 Å². The van der Waals surface area contributed by atoms with Gasteiger partial charge in [-0.3, -0.25) is 0 Å². The molecule has 0 saturated heterocycles. The summed E-state index contributed by atoms with van der Waals surface area (Å²) in [6.45, 7) is 0. The molecule has 0 radical (unpaired) electrons. The molecule has 1 saturated carbocycles. The molecule has 0 aromatic heterocycles. The Bertz CT molecular complexity index is 392. The van der Waals surface area contributed by atoms with Crippen molar-refractivity contribution in [2.45, 2.75) is 32.1 Å². The lowest BCUT2D eigenvalue weighted by Gasteiger charge is -2.04. The Morgan fingerprint density at radius 1 is 1.00 bits per heavy atom. The maximum Gasteiger partial charge on any atom is 0.0827 e. The number of hydrogen-bond donors (Lipinski definition) is 1. The lowest BCUT2D eigenvalue weighted by molar-refractivity contribution is 0.318. The molecule has 84 valence electrons. The fraction of sp³-hybridized carbons (Fsp3) is 0.357. The molecule has 0 atom stereocenters. The first-order valence-corrected chi connectivity index (χ1v) is 5.87. The van der Waals surface area contributed by atoms with Gasteiger partial charge in [0.15, 0.2) is 0 Å². The number of benzene rings is 1. The van der Waals surface area contributed by atoms with Crippen LogP contribution in [-0.2, 0) is 0 Å². The van der Waals surface area contributed by atoms with Crippen molar-refractivity contribution in [1.82, 2.24) is 0 Å². The van der Waals surface area contributed by atoms with Crippen LogP contribution in [0, 0.1) is 0 Å². The fourth-order valence-corrected chi connectivity index (χ4v) is 2.11. The molecule has 0 heterocycles. The van der Waals surface area contributed by atoms with Gasteiger partial charge in [-0.1, -0.05) is 41.9 Å². The van der Waals surface area contributed by atoms with E-state index in [9.17, 15) is 0 Å². The molecule has 2 rings (SSSR count). The number of allylic oxidation sites excluding steroid dienone is 1. The largest absolute Gasteiger partial charge is 0.411 e. The predicted molar refractivity (Wildman–Crippen MR) is 66.7 cm³/mol. The third-order valence-electron chi connectivity index (χ3n) is 2.99. The fourth-order valence-electron chi connectivity index (χ4n) is 2.11. The van der Waals surface area contributed by atoms with Crippen LogP contribution in [0.3, 0.4) is 0 Å². The van der Waals surface area contributed by atoms with E-state index < -0.39 is 0 Å². The van der Waals surface area contributed by atoms with Gasteiger partial charge in [-0.25, -0.2) is 0 Å².